The Kier molecular flexibility index (Phi) is 5.61. The number of nitrogens with one attached hydrogen (secondary N) is 1. The fraction of sp³-hybridized carbons (Fsp3) is 0.200. The lowest BCUT2D eigenvalue weighted by atomic mass is 10.0. The van der Waals surface area contributed by atoms with E-state index in [0.717, 1.165) is 11.1 Å². The van der Waals surface area contributed by atoms with Crippen LogP contribution in [0, 0.1) is 6.92 Å². The molecule has 3 rings (SSSR count). The second-order valence-electron chi connectivity index (χ2n) is 5.71. The molecular formula is C20H19NO5S. The molecule has 0 atom stereocenters. The average Bonchev–Trinajstić information content (AvgIpc) is 3.32. The van der Waals surface area contributed by atoms with Gasteiger partial charge in [0.05, 0.1) is 20.0 Å². The van der Waals surface area contributed by atoms with E-state index in [1.54, 1.807) is 31.5 Å². The second kappa shape index (κ2) is 8.09. The maximum Gasteiger partial charge on any atom is 0.341 e. The standard InChI is InChI=1S/C20H19NO5S/c1-4-25-20(23)17-14(13-10-12(2)7-8-15(13)24-3)11-27-19(17)21-18(22)16-6-5-9-26-16/h5-11H,4H2,1-3H3,(H,21,22). The molecule has 0 saturated heterocycles. The van der Waals surface area contributed by atoms with Gasteiger partial charge in [-0.25, -0.2) is 4.79 Å². The van der Waals surface area contributed by atoms with Gasteiger partial charge in [-0.1, -0.05) is 11.6 Å². The summed E-state index contributed by atoms with van der Waals surface area (Å²) in [5.41, 5.74) is 2.72. The van der Waals surface area contributed by atoms with Crippen molar-refractivity contribution in [2.75, 3.05) is 19.0 Å². The molecule has 2 heterocycles. The van der Waals surface area contributed by atoms with E-state index < -0.39 is 11.9 Å². The van der Waals surface area contributed by atoms with Crippen molar-refractivity contribution in [3.05, 3.63) is 58.9 Å². The van der Waals surface area contributed by atoms with Crippen molar-refractivity contribution in [1.82, 2.24) is 0 Å². The number of rotatable bonds is 6. The molecule has 0 aliphatic heterocycles. The monoisotopic (exact) mass is 385 g/mol. The number of furan rings is 1. The molecule has 0 unspecified atom stereocenters. The number of hydrogen-bond donors (Lipinski definition) is 1. The highest BCUT2D eigenvalue weighted by molar-refractivity contribution is 7.15. The summed E-state index contributed by atoms with van der Waals surface area (Å²) in [6.45, 7) is 3.92. The van der Waals surface area contributed by atoms with Crippen LogP contribution >= 0.6 is 11.3 Å². The molecule has 0 aliphatic rings. The Balaban J connectivity index is 2.07. The van der Waals surface area contributed by atoms with Gasteiger partial charge in [-0.2, -0.15) is 0 Å². The molecule has 1 N–H and O–H groups in total. The quantitative estimate of drug-likeness (QED) is 0.619. The first-order chi connectivity index (χ1) is 13.0. The van der Waals surface area contributed by atoms with Crippen LogP contribution in [-0.2, 0) is 4.74 Å². The Morgan fingerprint density at radius 3 is 2.70 bits per heavy atom. The molecule has 1 amide bonds. The SMILES string of the molecule is CCOC(=O)c1c(-c2cc(C)ccc2OC)csc1NC(=O)c1ccco1. The highest BCUT2D eigenvalue weighted by Crippen LogP contribution is 2.40. The van der Waals surface area contributed by atoms with Gasteiger partial charge in [0.2, 0.25) is 0 Å². The van der Waals surface area contributed by atoms with Crippen LogP contribution in [0.3, 0.4) is 0 Å². The van der Waals surface area contributed by atoms with E-state index in [9.17, 15) is 9.59 Å². The van der Waals surface area contributed by atoms with E-state index in [0.29, 0.717) is 21.9 Å². The van der Waals surface area contributed by atoms with Gasteiger partial charge in [-0.05, 0) is 38.1 Å². The number of carbonyl (C=O) groups is 2. The number of amides is 1. The zero-order chi connectivity index (χ0) is 19.4. The zero-order valence-corrected chi connectivity index (χ0v) is 16.0. The molecule has 3 aromatic rings. The molecule has 0 fully saturated rings. The largest absolute Gasteiger partial charge is 0.496 e. The molecule has 6 nitrogen and oxygen atoms in total. The normalized spacial score (nSPS) is 10.5. The van der Waals surface area contributed by atoms with Crippen LogP contribution in [0.15, 0.2) is 46.4 Å². The summed E-state index contributed by atoms with van der Waals surface area (Å²) in [6.07, 6.45) is 1.42. The van der Waals surface area contributed by atoms with Crippen molar-refractivity contribution in [3.8, 4) is 16.9 Å². The van der Waals surface area contributed by atoms with Gasteiger partial charge in [0.15, 0.2) is 5.76 Å². The molecule has 27 heavy (non-hydrogen) atoms. The number of carbonyl (C=O) groups excluding carboxylic acids is 2. The minimum Gasteiger partial charge on any atom is -0.496 e. The molecule has 0 aliphatic carbocycles. The summed E-state index contributed by atoms with van der Waals surface area (Å²) in [7, 11) is 1.57. The topological polar surface area (TPSA) is 77.8 Å². The van der Waals surface area contributed by atoms with Crippen LogP contribution in [0.4, 0.5) is 5.00 Å². The Morgan fingerprint density at radius 1 is 1.22 bits per heavy atom. The number of benzene rings is 1. The smallest absolute Gasteiger partial charge is 0.341 e. The second-order valence-corrected chi connectivity index (χ2v) is 6.59. The summed E-state index contributed by atoms with van der Waals surface area (Å²) in [6, 6.07) is 8.88. The van der Waals surface area contributed by atoms with E-state index in [1.807, 2.05) is 25.1 Å². The number of thiophene rings is 1. The third-order valence-electron chi connectivity index (χ3n) is 3.89. The lowest BCUT2D eigenvalue weighted by molar-refractivity contribution is 0.0529. The highest BCUT2D eigenvalue weighted by Gasteiger charge is 2.25. The minimum atomic E-state index is -0.507. The van der Waals surface area contributed by atoms with E-state index in [1.165, 1.54) is 17.6 Å². The lowest BCUT2D eigenvalue weighted by Crippen LogP contribution is -2.14. The molecule has 0 spiro atoms. The van der Waals surface area contributed by atoms with E-state index in [4.69, 9.17) is 13.9 Å². The molecule has 140 valence electrons. The minimum absolute atomic E-state index is 0.160. The molecular weight excluding hydrogens is 366 g/mol. The van der Waals surface area contributed by atoms with Crippen LogP contribution in [0.1, 0.15) is 33.4 Å². The van der Waals surface area contributed by atoms with Crippen molar-refractivity contribution in [3.63, 3.8) is 0 Å². The van der Waals surface area contributed by atoms with Gasteiger partial charge in [-0.3, -0.25) is 4.79 Å². The molecule has 0 radical (unpaired) electrons. The van der Waals surface area contributed by atoms with Crippen molar-refractivity contribution in [1.29, 1.82) is 0 Å². The number of hydrogen-bond acceptors (Lipinski definition) is 6. The Morgan fingerprint density at radius 2 is 2.04 bits per heavy atom. The van der Waals surface area contributed by atoms with Crippen LogP contribution in [0.25, 0.3) is 11.1 Å². The van der Waals surface area contributed by atoms with Crippen LogP contribution in [0.5, 0.6) is 5.75 Å². The summed E-state index contributed by atoms with van der Waals surface area (Å²) in [5.74, 6) is -0.150. The Bertz CT molecular complexity index is 959. The number of esters is 1. The molecule has 2 aromatic heterocycles. The first-order valence-electron chi connectivity index (χ1n) is 8.33. The molecule has 1 aromatic carbocycles. The maximum absolute atomic E-state index is 12.6. The summed E-state index contributed by atoms with van der Waals surface area (Å²) in [5, 5.41) is 4.94. The summed E-state index contributed by atoms with van der Waals surface area (Å²) >= 11 is 1.25. The van der Waals surface area contributed by atoms with E-state index in [-0.39, 0.29) is 12.4 Å². The molecule has 0 saturated carbocycles. The van der Waals surface area contributed by atoms with Crippen molar-refractivity contribution in [2.45, 2.75) is 13.8 Å². The van der Waals surface area contributed by atoms with Crippen LogP contribution < -0.4 is 10.1 Å². The number of ether oxygens (including phenoxy) is 2. The zero-order valence-electron chi connectivity index (χ0n) is 15.2. The van der Waals surface area contributed by atoms with Gasteiger partial charge in [0.1, 0.15) is 16.3 Å². The molecule has 0 bridgehead atoms. The third-order valence-corrected chi connectivity index (χ3v) is 4.78. The highest BCUT2D eigenvalue weighted by atomic mass is 32.1. The first kappa shape index (κ1) is 18.7. The molecule has 7 heteroatoms. The summed E-state index contributed by atoms with van der Waals surface area (Å²) in [4.78, 5) is 25.0. The fourth-order valence-electron chi connectivity index (χ4n) is 2.66. The first-order valence-corrected chi connectivity index (χ1v) is 9.21. The summed E-state index contributed by atoms with van der Waals surface area (Å²) < 4.78 is 15.8. The van der Waals surface area contributed by atoms with Gasteiger partial charge < -0.3 is 19.2 Å². The van der Waals surface area contributed by atoms with Crippen molar-refractivity contribution < 1.29 is 23.5 Å². The van der Waals surface area contributed by atoms with Gasteiger partial charge in [0.25, 0.3) is 5.91 Å². The van der Waals surface area contributed by atoms with Gasteiger partial charge in [0, 0.05) is 16.5 Å². The van der Waals surface area contributed by atoms with E-state index >= 15 is 0 Å². The van der Waals surface area contributed by atoms with E-state index in [2.05, 4.69) is 5.32 Å². The predicted molar refractivity (Wildman–Crippen MR) is 104 cm³/mol. The number of anilines is 1. The number of aryl methyl sites for hydroxylation is 1. The Hall–Kier alpha value is -3.06. The fourth-order valence-corrected chi connectivity index (χ4v) is 3.60. The number of methoxy groups -OCH3 is 1. The average molecular weight is 385 g/mol. The van der Waals surface area contributed by atoms with Crippen LogP contribution in [0.2, 0.25) is 0 Å². The van der Waals surface area contributed by atoms with Crippen molar-refractivity contribution >= 4 is 28.2 Å². The van der Waals surface area contributed by atoms with Gasteiger partial charge in [-0.15, -0.1) is 11.3 Å². The van der Waals surface area contributed by atoms with Crippen LogP contribution in [-0.4, -0.2) is 25.6 Å². The predicted octanol–water partition coefficient (Wildman–Crippen LogP) is 4.75. The third kappa shape index (κ3) is 3.88. The van der Waals surface area contributed by atoms with Gasteiger partial charge >= 0.3 is 5.97 Å². The maximum atomic E-state index is 12.6. The lowest BCUT2D eigenvalue weighted by Gasteiger charge is -2.11. The van der Waals surface area contributed by atoms with Crippen molar-refractivity contribution in [2.24, 2.45) is 0 Å². The Labute approximate surface area is 160 Å².